The van der Waals surface area contributed by atoms with E-state index in [4.69, 9.17) is 4.84 Å². The van der Waals surface area contributed by atoms with E-state index in [1.807, 2.05) is 6.92 Å². The molecule has 1 aromatic carbocycles. The van der Waals surface area contributed by atoms with Gasteiger partial charge in [0.25, 0.3) is 5.91 Å². The number of hydrogen-bond donors (Lipinski definition) is 1. The molecule has 1 amide bonds. The highest BCUT2D eigenvalue weighted by atomic mass is 19.1. The second kappa shape index (κ2) is 5.49. The van der Waals surface area contributed by atoms with Crippen molar-refractivity contribution < 1.29 is 14.0 Å². The number of carbonyl (C=O) groups is 1. The van der Waals surface area contributed by atoms with Crippen molar-refractivity contribution in [1.82, 2.24) is 9.78 Å². The number of benzene rings is 1. The van der Waals surface area contributed by atoms with Gasteiger partial charge in [-0.1, -0.05) is 23.4 Å². The highest BCUT2D eigenvalue weighted by molar-refractivity contribution is 6.07. The average Bonchev–Trinajstić information content (AvgIpc) is 3.04. The van der Waals surface area contributed by atoms with Gasteiger partial charge in [0.15, 0.2) is 0 Å². The molecule has 3 rings (SSSR count). The smallest absolute Gasteiger partial charge is 0.272 e. The summed E-state index contributed by atoms with van der Waals surface area (Å²) in [6.45, 7) is 3.46. The van der Waals surface area contributed by atoms with Crippen molar-refractivity contribution >= 4 is 17.4 Å². The van der Waals surface area contributed by atoms with Crippen LogP contribution in [0.25, 0.3) is 0 Å². The van der Waals surface area contributed by atoms with E-state index in [2.05, 4.69) is 15.6 Å². The van der Waals surface area contributed by atoms with Crippen LogP contribution in [0, 0.1) is 12.7 Å². The van der Waals surface area contributed by atoms with Gasteiger partial charge in [0.1, 0.15) is 11.6 Å². The van der Waals surface area contributed by atoms with Crippen molar-refractivity contribution in [2.24, 2.45) is 12.2 Å². The number of aromatic nitrogens is 2. The van der Waals surface area contributed by atoms with Gasteiger partial charge in [-0.25, -0.2) is 4.39 Å². The second-order valence-electron chi connectivity index (χ2n) is 5.77. The standard InChI is InChI=1S/C16H17FN4O2/c1-10-8-14(21(3)19-10)18-15(22)16(2)9-13(20-23-16)11-6-4-5-7-12(11)17/h4-8H,9H2,1-3H3,(H,18,22). The first-order chi connectivity index (χ1) is 10.9. The van der Waals surface area contributed by atoms with E-state index in [0.717, 1.165) is 5.69 Å². The third-order valence-electron chi connectivity index (χ3n) is 3.77. The fourth-order valence-electron chi connectivity index (χ4n) is 2.48. The maximum Gasteiger partial charge on any atom is 0.272 e. The minimum absolute atomic E-state index is 0.191. The molecule has 2 heterocycles. The quantitative estimate of drug-likeness (QED) is 0.945. The van der Waals surface area contributed by atoms with Crippen LogP contribution in [0.4, 0.5) is 10.2 Å². The first-order valence-corrected chi connectivity index (χ1v) is 7.21. The zero-order valence-electron chi connectivity index (χ0n) is 13.1. The molecule has 23 heavy (non-hydrogen) atoms. The monoisotopic (exact) mass is 316 g/mol. The molecule has 1 aliphatic heterocycles. The molecule has 0 saturated heterocycles. The molecule has 0 aliphatic carbocycles. The molecular weight excluding hydrogens is 299 g/mol. The Labute approximate surface area is 132 Å². The molecule has 1 aromatic heterocycles. The number of halogens is 1. The normalized spacial score (nSPS) is 20.1. The van der Waals surface area contributed by atoms with E-state index in [1.54, 1.807) is 42.9 Å². The van der Waals surface area contributed by atoms with Gasteiger partial charge < -0.3 is 10.2 Å². The first kappa shape index (κ1) is 15.2. The fraction of sp³-hybridized carbons (Fsp3) is 0.312. The summed E-state index contributed by atoms with van der Waals surface area (Å²) in [5.41, 5.74) is 0.376. The highest BCUT2D eigenvalue weighted by Crippen LogP contribution is 2.29. The van der Waals surface area contributed by atoms with Gasteiger partial charge >= 0.3 is 0 Å². The van der Waals surface area contributed by atoms with E-state index in [0.29, 0.717) is 17.1 Å². The van der Waals surface area contributed by atoms with Crippen LogP contribution in [0.3, 0.4) is 0 Å². The summed E-state index contributed by atoms with van der Waals surface area (Å²) in [6.07, 6.45) is 0.191. The van der Waals surface area contributed by atoms with E-state index < -0.39 is 5.60 Å². The largest absolute Gasteiger partial charge is 0.379 e. The molecule has 1 aliphatic rings. The molecule has 1 atom stereocenters. The van der Waals surface area contributed by atoms with Gasteiger partial charge in [-0.05, 0) is 19.9 Å². The van der Waals surface area contributed by atoms with E-state index in [-0.39, 0.29) is 18.1 Å². The minimum atomic E-state index is -1.18. The maximum absolute atomic E-state index is 13.8. The molecule has 0 bridgehead atoms. The van der Waals surface area contributed by atoms with Crippen molar-refractivity contribution in [1.29, 1.82) is 0 Å². The minimum Gasteiger partial charge on any atom is -0.379 e. The van der Waals surface area contributed by atoms with Crippen LogP contribution in [-0.4, -0.2) is 27.0 Å². The molecule has 1 N–H and O–H groups in total. The summed E-state index contributed by atoms with van der Waals surface area (Å²) < 4.78 is 15.4. The Kier molecular flexibility index (Phi) is 3.63. The lowest BCUT2D eigenvalue weighted by Gasteiger charge is -2.20. The van der Waals surface area contributed by atoms with Crippen molar-refractivity contribution in [2.75, 3.05) is 5.32 Å². The number of aryl methyl sites for hydroxylation is 2. The van der Waals surface area contributed by atoms with Crippen LogP contribution >= 0.6 is 0 Å². The highest BCUT2D eigenvalue weighted by Gasteiger charge is 2.43. The van der Waals surface area contributed by atoms with Gasteiger partial charge in [0.2, 0.25) is 5.60 Å². The molecule has 0 saturated carbocycles. The fourth-order valence-corrected chi connectivity index (χ4v) is 2.48. The Hall–Kier alpha value is -2.70. The van der Waals surface area contributed by atoms with Gasteiger partial charge in [0, 0.05) is 25.1 Å². The number of nitrogens with zero attached hydrogens (tertiary/aromatic N) is 3. The molecule has 0 spiro atoms. The summed E-state index contributed by atoms with van der Waals surface area (Å²) in [4.78, 5) is 17.8. The SMILES string of the molecule is Cc1cc(NC(=O)C2(C)CC(c3ccccc3F)=NO2)n(C)n1. The molecule has 6 nitrogen and oxygen atoms in total. The number of amides is 1. The van der Waals surface area contributed by atoms with Gasteiger partial charge in [-0.2, -0.15) is 5.10 Å². The van der Waals surface area contributed by atoms with Crippen LogP contribution < -0.4 is 5.32 Å². The summed E-state index contributed by atoms with van der Waals surface area (Å²) >= 11 is 0. The van der Waals surface area contributed by atoms with Crippen molar-refractivity contribution in [3.8, 4) is 0 Å². The van der Waals surface area contributed by atoms with Crippen LogP contribution in [0.1, 0.15) is 24.6 Å². The Balaban J connectivity index is 1.76. The number of hydrogen-bond acceptors (Lipinski definition) is 4. The maximum atomic E-state index is 13.8. The van der Waals surface area contributed by atoms with E-state index in [9.17, 15) is 9.18 Å². The Morgan fingerprint density at radius 1 is 1.43 bits per heavy atom. The third-order valence-corrected chi connectivity index (χ3v) is 3.77. The average molecular weight is 316 g/mol. The lowest BCUT2D eigenvalue weighted by molar-refractivity contribution is -0.136. The number of carbonyl (C=O) groups excluding carboxylic acids is 1. The predicted molar refractivity (Wildman–Crippen MR) is 83.6 cm³/mol. The van der Waals surface area contributed by atoms with E-state index >= 15 is 0 Å². The van der Waals surface area contributed by atoms with Gasteiger partial charge in [-0.3, -0.25) is 9.48 Å². The van der Waals surface area contributed by atoms with Crippen LogP contribution in [0.2, 0.25) is 0 Å². The first-order valence-electron chi connectivity index (χ1n) is 7.21. The summed E-state index contributed by atoms with van der Waals surface area (Å²) in [5.74, 6) is -0.172. The third kappa shape index (κ3) is 2.81. The van der Waals surface area contributed by atoms with Crippen molar-refractivity contribution in [3.05, 3.63) is 47.4 Å². The zero-order valence-corrected chi connectivity index (χ0v) is 13.1. The lowest BCUT2D eigenvalue weighted by Crippen LogP contribution is -2.40. The van der Waals surface area contributed by atoms with Crippen molar-refractivity contribution in [3.63, 3.8) is 0 Å². The predicted octanol–water partition coefficient (Wildman–Crippen LogP) is 2.39. The second-order valence-corrected chi connectivity index (χ2v) is 5.77. The van der Waals surface area contributed by atoms with E-state index in [1.165, 1.54) is 6.07 Å². The van der Waals surface area contributed by atoms with Gasteiger partial charge in [0.05, 0.1) is 11.4 Å². The molecule has 0 fully saturated rings. The molecule has 0 radical (unpaired) electrons. The Bertz CT molecular complexity index is 799. The lowest BCUT2D eigenvalue weighted by atomic mass is 9.95. The van der Waals surface area contributed by atoms with Crippen LogP contribution in [0.5, 0.6) is 0 Å². The Morgan fingerprint density at radius 3 is 2.83 bits per heavy atom. The number of nitrogens with one attached hydrogen (secondary N) is 1. The number of rotatable bonds is 3. The van der Waals surface area contributed by atoms with Crippen molar-refractivity contribution in [2.45, 2.75) is 25.9 Å². The topological polar surface area (TPSA) is 68.5 Å². The summed E-state index contributed by atoms with van der Waals surface area (Å²) in [6, 6.07) is 8.05. The molecule has 120 valence electrons. The van der Waals surface area contributed by atoms with Gasteiger partial charge in [-0.15, -0.1) is 0 Å². The number of anilines is 1. The molecule has 1 unspecified atom stereocenters. The molecule has 2 aromatic rings. The zero-order chi connectivity index (χ0) is 16.6. The van der Waals surface area contributed by atoms with Crippen LogP contribution in [-0.2, 0) is 16.7 Å². The molecule has 7 heteroatoms. The summed E-state index contributed by atoms with van der Waals surface area (Å²) in [7, 11) is 1.74. The number of oxime groups is 1. The van der Waals surface area contributed by atoms with Crippen LogP contribution in [0.15, 0.2) is 35.5 Å². The molecular formula is C16H17FN4O2. The Morgan fingerprint density at radius 2 is 2.17 bits per heavy atom. The summed E-state index contributed by atoms with van der Waals surface area (Å²) in [5, 5.41) is 10.8.